The molecule has 1 heterocycles. The van der Waals surface area contributed by atoms with Crippen molar-refractivity contribution in [1.82, 2.24) is 14.9 Å². The number of aryl methyl sites for hydroxylation is 1. The number of nitrogens with zero attached hydrogens (tertiary/aromatic N) is 2. The van der Waals surface area contributed by atoms with Crippen LogP contribution in [-0.2, 0) is 17.1 Å². The van der Waals surface area contributed by atoms with E-state index in [2.05, 4.69) is 20.9 Å². The Balaban J connectivity index is 2.30. The Morgan fingerprint density at radius 3 is 2.77 bits per heavy atom. The number of hydrogen-bond acceptors (Lipinski definition) is 4. The first-order valence-electron chi connectivity index (χ1n) is 6.25. The third-order valence-corrected chi connectivity index (χ3v) is 3.97. The average Bonchev–Trinajstić information content (AvgIpc) is 2.92. The van der Waals surface area contributed by atoms with Gasteiger partial charge < -0.3 is 9.88 Å². The van der Waals surface area contributed by atoms with Crippen LogP contribution in [-0.4, -0.2) is 30.4 Å². The molecule has 0 unspecified atom stereocenters. The van der Waals surface area contributed by atoms with Crippen LogP contribution in [0.2, 0.25) is 0 Å². The number of nitrogens with one attached hydrogen (secondary N) is 2. The van der Waals surface area contributed by atoms with E-state index in [-0.39, 0.29) is 22.8 Å². The number of sulfonamides is 1. The topological polar surface area (TPSA) is 93.1 Å². The van der Waals surface area contributed by atoms with Gasteiger partial charge in [-0.2, -0.15) is 8.42 Å². The van der Waals surface area contributed by atoms with Crippen LogP contribution in [0.4, 0.5) is 5.69 Å². The van der Waals surface area contributed by atoms with E-state index >= 15 is 0 Å². The number of amides is 1. The molecule has 0 bridgehead atoms. The molecule has 22 heavy (non-hydrogen) atoms. The zero-order valence-corrected chi connectivity index (χ0v) is 12.6. The minimum atomic E-state index is -3.87. The fourth-order valence-corrected chi connectivity index (χ4v) is 2.78. The molecular weight excluding hydrogens is 304 g/mol. The Bertz CT molecular complexity index is 834. The molecule has 0 saturated carbocycles. The molecule has 0 aliphatic rings. The lowest BCUT2D eigenvalue weighted by atomic mass is 10.2. The molecule has 8 heteroatoms. The summed E-state index contributed by atoms with van der Waals surface area (Å²) in [6.07, 6.45) is 7.83. The summed E-state index contributed by atoms with van der Waals surface area (Å²) in [6, 6.07) is 6.24. The van der Waals surface area contributed by atoms with Crippen LogP contribution in [0.5, 0.6) is 0 Å². The maximum absolute atomic E-state index is 12.3. The van der Waals surface area contributed by atoms with Crippen LogP contribution >= 0.6 is 0 Å². The SMILES string of the molecule is C#CCNC(=O)c1ccccc1NS(=O)(=O)c1cn(C)cn1. The van der Waals surface area contributed by atoms with E-state index in [1.807, 2.05) is 0 Å². The number of carbonyl (C=O) groups is 1. The van der Waals surface area contributed by atoms with Crippen molar-refractivity contribution in [2.45, 2.75) is 5.03 Å². The van der Waals surface area contributed by atoms with Crippen LogP contribution in [0.1, 0.15) is 10.4 Å². The number of para-hydroxylation sites is 1. The number of benzene rings is 1. The van der Waals surface area contributed by atoms with Gasteiger partial charge >= 0.3 is 0 Å². The maximum Gasteiger partial charge on any atom is 0.280 e. The lowest BCUT2D eigenvalue weighted by molar-refractivity contribution is 0.0959. The van der Waals surface area contributed by atoms with Crippen molar-refractivity contribution in [3.8, 4) is 12.3 Å². The Morgan fingerprint density at radius 1 is 1.41 bits per heavy atom. The van der Waals surface area contributed by atoms with Crippen molar-refractivity contribution in [3.63, 3.8) is 0 Å². The number of aromatic nitrogens is 2. The average molecular weight is 318 g/mol. The summed E-state index contributed by atoms with van der Waals surface area (Å²) in [7, 11) is -2.21. The Kier molecular flexibility index (Phi) is 4.48. The van der Waals surface area contributed by atoms with Gasteiger partial charge in [-0.3, -0.25) is 9.52 Å². The zero-order chi connectivity index (χ0) is 16.2. The van der Waals surface area contributed by atoms with E-state index in [0.717, 1.165) is 0 Å². The highest BCUT2D eigenvalue weighted by Gasteiger charge is 2.20. The number of anilines is 1. The fourth-order valence-electron chi connectivity index (χ4n) is 1.72. The second kappa shape index (κ2) is 6.32. The Labute approximate surface area is 128 Å². The maximum atomic E-state index is 12.3. The first-order chi connectivity index (χ1) is 10.4. The lowest BCUT2D eigenvalue weighted by Crippen LogP contribution is -2.25. The molecule has 0 spiro atoms. The van der Waals surface area contributed by atoms with E-state index in [1.165, 1.54) is 29.2 Å². The van der Waals surface area contributed by atoms with E-state index < -0.39 is 15.9 Å². The minimum absolute atomic E-state index is 0.0557. The second-order valence-electron chi connectivity index (χ2n) is 4.42. The van der Waals surface area contributed by atoms with E-state index in [9.17, 15) is 13.2 Å². The number of carbonyl (C=O) groups excluding carboxylic acids is 1. The molecule has 0 fully saturated rings. The summed E-state index contributed by atoms with van der Waals surface area (Å²) >= 11 is 0. The molecule has 0 aliphatic carbocycles. The molecule has 1 aromatic carbocycles. The number of hydrogen-bond donors (Lipinski definition) is 2. The number of imidazole rings is 1. The summed E-state index contributed by atoms with van der Waals surface area (Å²) in [5.41, 5.74) is 0.333. The quantitative estimate of drug-likeness (QED) is 0.789. The second-order valence-corrected chi connectivity index (χ2v) is 6.04. The van der Waals surface area contributed by atoms with Crippen molar-refractivity contribution >= 4 is 21.6 Å². The van der Waals surface area contributed by atoms with Gasteiger partial charge in [-0.25, -0.2) is 4.98 Å². The number of rotatable bonds is 5. The van der Waals surface area contributed by atoms with Gasteiger partial charge in [0.1, 0.15) is 0 Å². The molecule has 114 valence electrons. The molecule has 0 saturated heterocycles. The van der Waals surface area contributed by atoms with Gasteiger partial charge in [0, 0.05) is 13.2 Å². The standard InChI is InChI=1S/C14H14N4O3S/c1-3-8-15-14(19)11-6-4-5-7-12(11)17-22(20,21)13-9-18(2)10-16-13/h1,4-7,9-10,17H,8H2,2H3,(H,15,19). The molecule has 1 amide bonds. The summed E-state index contributed by atoms with van der Waals surface area (Å²) in [4.78, 5) is 15.8. The highest BCUT2D eigenvalue weighted by atomic mass is 32.2. The molecule has 2 N–H and O–H groups in total. The highest BCUT2D eigenvalue weighted by Crippen LogP contribution is 2.19. The molecule has 0 atom stereocenters. The van der Waals surface area contributed by atoms with Crippen molar-refractivity contribution in [2.24, 2.45) is 7.05 Å². The molecular formula is C14H14N4O3S. The fraction of sp³-hybridized carbons (Fsp3) is 0.143. The summed E-state index contributed by atoms with van der Waals surface area (Å²) in [5.74, 6) is 1.82. The third kappa shape index (κ3) is 3.45. The first-order valence-corrected chi connectivity index (χ1v) is 7.74. The van der Waals surface area contributed by atoms with E-state index in [0.29, 0.717) is 0 Å². The summed E-state index contributed by atoms with van der Waals surface area (Å²) in [6.45, 7) is 0.0557. The van der Waals surface area contributed by atoms with E-state index in [4.69, 9.17) is 6.42 Å². The zero-order valence-electron chi connectivity index (χ0n) is 11.8. The van der Waals surface area contributed by atoms with Crippen molar-refractivity contribution < 1.29 is 13.2 Å². The van der Waals surface area contributed by atoms with Gasteiger partial charge in [-0.1, -0.05) is 18.1 Å². The normalized spacial score (nSPS) is 10.7. The highest BCUT2D eigenvalue weighted by molar-refractivity contribution is 7.92. The van der Waals surface area contributed by atoms with E-state index in [1.54, 1.807) is 19.2 Å². The molecule has 7 nitrogen and oxygen atoms in total. The molecule has 2 rings (SSSR count). The van der Waals surface area contributed by atoms with Crippen molar-refractivity contribution in [1.29, 1.82) is 0 Å². The molecule has 0 aliphatic heterocycles. The lowest BCUT2D eigenvalue weighted by Gasteiger charge is -2.10. The van der Waals surface area contributed by atoms with Gasteiger partial charge in [0.25, 0.3) is 15.9 Å². The number of terminal acetylenes is 1. The first kappa shape index (κ1) is 15.6. The largest absolute Gasteiger partial charge is 0.341 e. The van der Waals surface area contributed by atoms with Crippen LogP contribution in [0, 0.1) is 12.3 Å². The summed E-state index contributed by atoms with van der Waals surface area (Å²) in [5, 5.41) is 2.36. The van der Waals surface area contributed by atoms with Gasteiger partial charge in [0.15, 0.2) is 5.03 Å². The van der Waals surface area contributed by atoms with Crippen LogP contribution < -0.4 is 10.0 Å². The summed E-state index contributed by atoms with van der Waals surface area (Å²) < 4.78 is 28.4. The molecule has 1 aromatic heterocycles. The smallest absolute Gasteiger partial charge is 0.280 e. The third-order valence-electron chi connectivity index (χ3n) is 2.72. The Hall–Kier alpha value is -2.79. The minimum Gasteiger partial charge on any atom is -0.341 e. The van der Waals surface area contributed by atoms with Gasteiger partial charge in [0.2, 0.25) is 0 Å². The van der Waals surface area contributed by atoms with Crippen molar-refractivity contribution in [3.05, 3.63) is 42.4 Å². The van der Waals surface area contributed by atoms with Gasteiger partial charge in [-0.15, -0.1) is 6.42 Å². The van der Waals surface area contributed by atoms with Crippen LogP contribution in [0.3, 0.4) is 0 Å². The van der Waals surface area contributed by atoms with Gasteiger partial charge in [0.05, 0.1) is 24.1 Å². The molecule has 2 aromatic rings. The van der Waals surface area contributed by atoms with Gasteiger partial charge in [-0.05, 0) is 12.1 Å². The monoisotopic (exact) mass is 318 g/mol. The van der Waals surface area contributed by atoms with Crippen molar-refractivity contribution in [2.75, 3.05) is 11.3 Å². The predicted molar refractivity (Wildman–Crippen MR) is 81.6 cm³/mol. The molecule has 0 radical (unpaired) electrons. The predicted octanol–water partition coefficient (Wildman–Crippen LogP) is 0.584. The van der Waals surface area contributed by atoms with Crippen LogP contribution in [0.25, 0.3) is 0 Å². The van der Waals surface area contributed by atoms with Crippen LogP contribution in [0.15, 0.2) is 41.8 Å². The Morgan fingerprint density at radius 2 is 2.14 bits per heavy atom.